The number of methoxy groups -OCH3 is 1. The van der Waals surface area contributed by atoms with Crippen molar-refractivity contribution < 1.29 is 14.3 Å². The normalized spacial score (nSPS) is 11.0. The smallest absolute Gasteiger partial charge is 0.244 e. The van der Waals surface area contributed by atoms with Crippen molar-refractivity contribution in [2.75, 3.05) is 13.7 Å². The standard InChI is InChI=1S/C22H21IN2O3/c1-3-28-20-12-15(11-19(23)22(20)27-2)14-24-25-21(26)13-17-9-6-8-16-7-4-5-10-18(16)17/h4-12,14H,3,13H2,1-2H3,(H,25,26)/b24-14-. The summed E-state index contributed by atoms with van der Waals surface area (Å²) in [6, 6.07) is 17.7. The third kappa shape index (κ3) is 4.81. The van der Waals surface area contributed by atoms with Crippen LogP contribution in [0.1, 0.15) is 18.1 Å². The molecule has 0 saturated heterocycles. The molecule has 0 saturated carbocycles. The van der Waals surface area contributed by atoms with Gasteiger partial charge >= 0.3 is 0 Å². The SMILES string of the molecule is CCOc1cc(/C=N\NC(=O)Cc2cccc3ccccc23)cc(I)c1OC. The average molecular weight is 488 g/mol. The van der Waals surface area contributed by atoms with E-state index in [9.17, 15) is 4.79 Å². The second kappa shape index (κ2) is 9.54. The maximum absolute atomic E-state index is 12.3. The third-order valence-electron chi connectivity index (χ3n) is 4.17. The van der Waals surface area contributed by atoms with Gasteiger partial charge < -0.3 is 9.47 Å². The lowest BCUT2D eigenvalue weighted by molar-refractivity contribution is -0.120. The highest BCUT2D eigenvalue weighted by Gasteiger charge is 2.10. The van der Waals surface area contributed by atoms with Crippen molar-refractivity contribution in [3.8, 4) is 11.5 Å². The molecule has 0 aliphatic heterocycles. The first-order valence-electron chi connectivity index (χ1n) is 8.91. The average Bonchev–Trinajstić information content (AvgIpc) is 2.68. The summed E-state index contributed by atoms with van der Waals surface area (Å²) in [5.41, 5.74) is 4.39. The van der Waals surface area contributed by atoms with Crippen LogP contribution in [-0.2, 0) is 11.2 Å². The Kier molecular flexibility index (Phi) is 6.86. The van der Waals surface area contributed by atoms with Crippen LogP contribution < -0.4 is 14.9 Å². The summed E-state index contributed by atoms with van der Waals surface area (Å²) in [7, 11) is 1.61. The van der Waals surface area contributed by atoms with E-state index in [-0.39, 0.29) is 12.3 Å². The van der Waals surface area contributed by atoms with Crippen molar-refractivity contribution in [1.82, 2.24) is 5.43 Å². The molecule has 1 amide bonds. The summed E-state index contributed by atoms with van der Waals surface area (Å²) in [6.07, 6.45) is 1.87. The molecule has 0 spiro atoms. The van der Waals surface area contributed by atoms with Crippen LogP contribution in [0.4, 0.5) is 0 Å². The zero-order chi connectivity index (χ0) is 19.9. The van der Waals surface area contributed by atoms with Gasteiger partial charge in [0.15, 0.2) is 11.5 Å². The highest BCUT2D eigenvalue weighted by Crippen LogP contribution is 2.33. The zero-order valence-corrected chi connectivity index (χ0v) is 17.9. The van der Waals surface area contributed by atoms with Crippen molar-refractivity contribution in [3.05, 3.63) is 69.3 Å². The van der Waals surface area contributed by atoms with E-state index in [1.54, 1.807) is 13.3 Å². The molecular formula is C22H21IN2O3. The largest absolute Gasteiger partial charge is 0.492 e. The van der Waals surface area contributed by atoms with Crippen LogP contribution in [0.25, 0.3) is 10.8 Å². The Labute approximate surface area is 177 Å². The van der Waals surface area contributed by atoms with Gasteiger partial charge in [0.05, 0.1) is 29.9 Å². The number of carbonyl (C=O) groups excluding carboxylic acids is 1. The molecule has 0 unspecified atom stereocenters. The van der Waals surface area contributed by atoms with Gasteiger partial charge in [-0.15, -0.1) is 0 Å². The van der Waals surface area contributed by atoms with Gasteiger partial charge in [-0.1, -0.05) is 42.5 Å². The van der Waals surface area contributed by atoms with E-state index in [2.05, 4.69) is 33.1 Å². The number of nitrogens with one attached hydrogen (secondary N) is 1. The number of halogens is 1. The Hall–Kier alpha value is -2.61. The summed E-state index contributed by atoms with van der Waals surface area (Å²) in [6.45, 7) is 2.45. The molecule has 1 N–H and O–H groups in total. The van der Waals surface area contributed by atoms with Crippen molar-refractivity contribution in [2.24, 2.45) is 5.10 Å². The number of hydrazone groups is 1. The minimum Gasteiger partial charge on any atom is -0.492 e. The van der Waals surface area contributed by atoms with Crippen LogP contribution in [0, 0.1) is 3.57 Å². The number of nitrogens with zero attached hydrogens (tertiary/aromatic N) is 1. The van der Waals surface area contributed by atoms with Crippen molar-refractivity contribution >= 4 is 45.5 Å². The number of rotatable bonds is 7. The van der Waals surface area contributed by atoms with Gasteiger partial charge in [0.1, 0.15) is 0 Å². The zero-order valence-electron chi connectivity index (χ0n) is 15.7. The van der Waals surface area contributed by atoms with Crippen molar-refractivity contribution in [2.45, 2.75) is 13.3 Å². The maximum atomic E-state index is 12.3. The molecular weight excluding hydrogens is 467 g/mol. The fourth-order valence-corrected chi connectivity index (χ4v) is 3.81. The van der Waals surface area contributed by atoms with Crippen molar-refractivity contribution in [3.63, 3.8) is 0 Å². The van der Waals surface area contributed by atoms with Gasteiger partial charge in [0.2, 0.25) is 5.91 Å². The fourth-order valence-electron chi connectivity index (χ4n) is 2.96. The van der Waals surface area contributed by atoms with E-state index in [0.29, 0.717) is 18.1 Å². The molecule has 3 rings (SSSR count). The molecule has 0 aromatic heterocycles. The maximum Gasteiger partial charge on any atom is 0.244 e. The second-order valence-corrected chi connectivity index (χ2v) is 7.24. The summed E-state index contributed by atoms with van der Waals surface area (Å²) < 4.78 is 11.9. The third-order valence-corrected chi connectivity index (χ3v) is 4.97. The Bertz CT molecular complexity index is 1010. The Morgan fingerprint density at radius 1 is 1.18 bits per heavy atom. The van der Waals surface area contributed by atoms with Crippen LogP contribution in [0.5, 0.6) is 11.5 Å². The second-order valence-electron chi connectivity index (χ2n) is 6.08. The summed E-state index contributed by atoms with van der Waals surface area (Å²) in [5, 5.41) is 6.29. The van der Waals surface area contributed by atoms with Crippen LogP contribution in [-0.4, -0.2) is 25.8 Å². The first-order chi connectivity index (χ1) is 13.6. The van der Waals surface area contributed by atoms with Crippen molar-refractivity contribution in [1.29, 1.82) is 0 Å². The van der Waals surface area contributed by atoms with Crippen LogP contribution in [0.2, 0.25) is 0 Å². The number of benzene rings is 3. The summed E-state index contributed by atoms with van der Waals surface area (Å²) in [4.78, 5) is 12.3. The number of ether oxygens (including phenoxy) is 2. The molecule has 5 nitrogen and oxygen atoms in total. The summed E-state index contributed by atoms with van der Waals surface area (Å²) in [5.74, 6) is 1.18. The van der Waals surface area contributed by atoms with E-state index in [4.69, 9.17) is 9.47 Å². The predicted octanol–water partition coefficient (Wildman–Crippen LogP) is 4.54. The molecule has 0 fully saturated rings. The van der Waals surface area contributed by atoms with E-state index >= 15 is 0 Å². The van der Waals surface area contributed by atoms with Crippen LogP contribution in [0.3, 0.4) is 0 Å². The molecule has 0 radical (unpaired) electrons. The van der Waals surface area contributed by atoms with E-state index in [0.717, 1.165) is 25.5 Å². The lowest BCUT2D eigenvalue weighted by Gasteiger charge is -2.11. The molecule has 144 valence electrons. The molecule has 0 aliphatic rings. The Morgan fingerprint density at radius 3 is 2.75 bits per heavy atom. The number of fused-ring (bicyclic) bond motifs is 1. The number of hydrogen-bond acceptors (Lipinski definition) is 4. The first-order valence-corrected chi connectivity index (χ1v) is 9.99. The fraction of sp³-hybridized carbons (Fsp3) is 0.182. The highest BCUT2D eigenvalue weighted by molar-refractivity contribution is 14.1. The molecule has 3 aromatic rings. The van der Waals surface area contributed by atoms with Gasteiger partial charge in [0, 0.05) is 0 Å². The lowest BCUT2D eigenvalue weighted by Crippen LogP contribution is -2.19. The topological polar surface area (TPSA) is 59.9 Å². The molecule has 0 atom stereocenters. The molecule has 28 heavy (non-hydrogen) atoms. The van der Waals surface area contributed by atoms with Gasteiger partial charge in [-0.3, -0.25) is 4.79 Å². The lowest BCUT2D eigenvalue weighted by atomic mass is 10.0. The first kappa shape index (κ1) is 20.1. The molecule has 6 heteroatoms. The van der Waals surface area contributed by atoms with Gasteiger partial charge in [-0.05, 0) is 63.5 Å². The molecule has 3 aromatic carbocycles. The van der Waals surface area contributed by atoms with Gasteiger partial charge in [-0.25, -0.2) is 5.43 Å². The Balaban J connectivity index is 1.69. The quantitative estimate of drug-likeness (QED) is 0.302. The highest BCUT2D eigenvalue weighted by atomic mass is 127. The number of hydrogen-bond donors (Lipinski definition) is 1. The van der Waals surface area contributed by atoms with E-state index < -0.39 is 0 Å². The number of carbonyl (C=O) groups is 1. The monoisotopic (exact) mass is 488 g/mol. The van der Waals surface area contributed by atoms with Crippen LogP contribution in [0.15, 0.2) is 59.7 Å². The van der Waals surface area contributed by atoms with E-state index in [1.165, 1.54) is 0 Å². The molecule has 0 bridgehead atoms. The number of amides is 1. The minimum absolute atomic E-state index is 0.166. The molecule has 0 heterocycles. The van der Waals surface area contributed by atoms with E-state index in [1.807, 2.05) is 61.5 Å². The minimum atomic E-state index is -0.166. The molecule has 0 aliphatic carbocycles. The van der Waals surface area contributed by atoms with Gasteiger partial charge in [-0.2, -0.15) is 5.10 Å². The van der Waals surface area contributed by atoms with Gasteiger partial charge in [0.25, 0.3) is 0 Å². The predicted molar refractivity (Wildman–Crippen MR) is 120 cm³/mol. The Morgan fingerprint density at radius 2 is 1.96 bits per heavy atom. The summed E-state index contributed by atoms with van der Waals surface area (Å²) >= 11 is 2.19. The van der Waals surface area contributed by atoms with Crippen LogP contribution >= 0.6 is 22.6 Å².